The van der Waals surface area contributed by atoms with Crippen LogP contribution in [0, 0.1) is 0 Å². The molecule has 2 aromatic rings. The summed E-state index contributed by atoms with van der Waals surface area (Å²) in [4.78, 5) is 13.7. The molecule has 0 radical (unpaired) electrons. The van der Waals surface area contributed by atoms with Crippen LogP contribution in [0.3, 0.4) is 0 Å². The Bertz CT molecular complexity index is 763. The molecule has 1 fully saturated rings. The smallest absolute Gasteiger partial charge is 0.275 e. The van der Waals surface area contributed by atoms with Crippen LogP contribution in [0.15, 0.2) is 48.5 Å². The molecule has 2 atom stereocenters. The first-order valence-electron chi connectivity index (χ1n) is 9.34. The van der Waals surface area contributed by atoms with Crippen LogP contribution in [0.25, 0.3) is 0 Å². The molecule has 1 amide bonds. The Morgan fingerprint density at radius 2 is 1.88 bits per heavy atom. The fraction of sp³-hybridized carbons (Fsp3) is 0.381. The number of rotatable bonds is 5. The van der Waals surface area contributed by atoms with Gasteiger partial charge < -0.3 is 19.7 Å². The second-order valence-corrected chi connectivity index (χ2v) is 6.95. The minimum atomic E-state index is 0.105. The van der Waals surface area contributed by atoms with Crippen molar-refractivity contribution in [3.05, 3.63) is 59.7 Å². The highest BCUT2D eigenvalue weighted by Gasteiger charge is 2.32. The van der Waals surface area contributed by atoms with Crippen LogP contribution in [-0.2, 0) is 11.3 Å². The van der Waals surface area contributed by atoms with Crippen LogP contribution < -0.4 is 19.7 Å². The second kappa shape index (κ2) is 7.79. The molecule has 2 aliphatic heterocycles. The molecule has 0 saturated carbocycles. The molecule has 5 nitrogen and oxygen atoms in total. The Morgan fingerprint density at radius 3 is 2.73 bits per heavy atom. The number of fused-ring (bicyclic) bond motifs is 1. The van der Waals surface area contributed by atoms with E-state index in [2.05, 4.69) is 17.4 Å². The summed E-state index contributed by atoms with van der Waals surface area (Å²) in [5.74, 6) is 1.75. The number of benzene rings is 2. The molecule has 2 aromatic carbocycles. The molecule has 136 valence electrons. The van der Waals surface area contributed by atoms with Gasteiger partial charge in [0.2, 0.25) is 0 Å². The van der Waals surface area contributed by atoms with E-state index in [1.807, 2.05) is 36.4 Å². The Hall–Kier alpha value is -2.53. The molecule has 0 bridgehead atoms. The maximum atomic E-state index is 12.4. The van der Waals surface area contributed by atoms with Crippen LogP contribution >= 0.6 is 0 Å². The predicted molar refractivity (Wildman–Crippen MR) is 98.4 cm³/mol. The normalized spacial score (nSPS) is 21.4. The number of ether oxygens (including phenoxy) is 2. The zero-order valence-corrected chi connectivity index (χ0v) is 14.9. The number of quaternary nitrogens is 1. The van der Waals surface area contributed by atoms with Gasteiger partial charge in [-0.05, 0) is 23.8 Å². The van der Waals surface area contributed by atoms with Crippen LogP contribution in [0.5, 0.6) is 11.5 Å². The summed E-state index contributed by atoms with van der Waals surface area (Å²) in [6.07, 6.45) is 2.24. The largest absolute Gasteiger partial charge is 0.486 e. The number of amides is 1. The van der Waals surface area contributed by atoms with E-state index in [-0.39, 0.29) is 5.91 Å². The molecule has 1 saturated heterocycles. The van der Waals surface area contributed by atoms with Gasteiger partial charge in [0.1, 0.15) is 19.3 Å². The van der Waals surface area contributed by atoms with Gasteiger partial charge in [-0.15, -0.1) is 0 Å². The first kappa shape index (κ1) is 16.9. The number of nitrogens with one attached hydrogen (secondary N) is 2. The molecule has 2 N–H and O–H groups in total. The standard InChI is InChI=1S/C21H24N2O3/c24-21(22-14-16-5-2-1-3-6-16)15-23-10-4-7-18(23)17-8-9-19-20(13-17)26-12-11-25-19/h1-3,5-6,8-9,13,18H,4,7,10-12,14-15H2,(H,22,24)/p+1/t18-/m0/s1. The van der Waals surface area contributed by atoms with Crippen molar-refractivity contribution in [2.24, 2.45) is 0 Å². The number of carbonyl (C=O) groups excluding carboxylic acids is 1. The lowest BCUT2D eigenvalue weighted by Crippen LogP contribution is -3.11. The summed E-state index contributed by atoms with van der Waals surface area (Å²) in [6.45, 7) is 3.32. The molecule has 4 rings (SSSR count). The highest BCUT2D eigenvalue weighted by molar-refractivity contribution is 5.76. The number of hydrogen-bond donors (Lipinski definition) is 2. The van der Waals surface area contributed by atoms with Crippen molar-refractivity contribution in [1.29, 1.82) is 0 Å². The molecule has 5 heteroatoms. The monoisotopic (exact) mass is 353 g/mol. The summed E-state index contributed by atoms with van der Waals surface area (Å²) in [5.41, 5.74) is 2.36. The fourth-order valence-electron chi connectivity index (χ4n) is 3.87. The molecule has 0 aromatic heterocycles. The molecule has 1 unspecified atom stereocenters. The summed E-state index contributed by atoms with van der Waals surface area (Å²) in [7, 11) is 0. The van der Waals surface area contributed by atoms with Gasteiger partial charge in [0, 0.05) is 24.9 Å². The lowest BCUT2D eigenvalue weighted by atomic mass is 10.0. The quantitative estimate of drug-likeness (QED) is 0.856. The Morgan fingerprint density at radius 1 is 1.08 bits per heavy atom. The van der Waals surface area contributed by atoms with Crippen molar-refractivity contribution in [3.8, 4) is 11.5 Å². The highest BCUT2D eigenvalue weighted by atomic mass is 16.6. The van der Waals surface area contributed by atoms with Gasteiger partial charge >= 0.3 is 0 Å². The maximum Gasteiger partial charge on any atom is 0.275 e. The van der Waals surface area contributed by atoms with Gasteiger partial charge in [-0.25, -0.2) is 0 Å². The molecule has 0 aliphatic carbocycles. The van der Waals surface area contributed by atoms with Crippen LogP contribution in [0.4, 0.5) is 0 Å². The van der Waals surface area contributed by atoms with Crippen LogP contribution in [-0.4, -0.2) is 32.2 Å². The van der Waals surface area contributed by atoms with E-state index in [1.165, 1.54) is 10.5 Å². The van der Waals surface area contributed by atoms with Gasteiger partial charge in [-0.3, -0.25) is 4.79 Å². The zero-order chi connectivity index (χ0) is 17.8. The Balaban J connectivity index is 1.38. The third-order valence-electron chi connectivity index (χ3n) is 5.17. The van der Waals surface area contributed by atoms with Crippen molar-refractivity contribution in [2.45, 2.75) is 25.4 Å². The lowest BCUT2D eigenvalue weighted by Gasteiger charge is -2.24. The Kier molecular flexibility index (Phi) is 5.07. The van der Waals surface area contributed by atoms with Gasteiger partial charge in [0.25, 0.3) is 5.91 Å². The Labute approximate surface area is 153 Å². The molecular formula is C21H25N2O3+. The van der Waals surface area contributed by atoms with E-state index < -0.39 is 0 Å². The average molecular weight is 353 g/mol. The third-order valence-corrected chi connectivity index (χ3v) is 5.17. The maximum absolute atomic E-state index is 12.4. The van der Waals surface area contributed by atoms with E-state index >= 15 is 0 Å². The minimum Gasteiger partial charge on any atom is -0.486 e. The molecule has 0 spiro atoms. The minimum absolute atomic E-state index is 0.105. The molecule has 2 heterocycles. The van der Waals surface area contributed by atoms with Gasteiger partial charge in [-0.2, -0.15) is 0 Å². The zero-order valence-electron chi connectivity index (χ0n) is 14.9. The predicted octanol–water partition coefficient (Wildman–Crippen LogP) is 1.49. The van der Waals surface area contributed by atoms with E-state index in [0.29, 0.717) is 32.3 Å². The topological polar surface area (TPSA) is 52.0 Å². The second-order valence-electron chi connectivity index (χ2n) is 6.95. The first-order chi connectivity index (χ1) is 12.8. The highest BCUT2D eigenvalue weighted by Crippen LogP contribution is 2.33. The van der Waals surface area contributed by atoms with E-state index in [1.54, 1.807) is 0 Å². The van der Waals surface area contributed by atoms with E-state index in [9.17, 15) is 4.79 Å². The summed E-state index contributed by atoms with van der Waals surface area (Å²) in [6, 6.07) is 16.6. The van der Waals surface area contributed by atoms with Gasteiger partial charge in [0.05, 0.1) is 6.54 Å². The van der Waals surface area contributed by atoms with Crippen LogP contribution in [0.1, 0.15) is 30.0 Å². The van der Waals surface area contributed by atoms with Crippen LogP contribution in [0.2, 0.25) is 0 Å². The molecule has 2 aliphatic rings. The van der Waals surface area contributed by atoms with Crippen molar-refractivity contribution in [1.82, 2.24) is 5.32 Å². The van der Waals surface area contributed by atoms with Crippen molar-refractivity contribution >= 4 is 5.91 Å². The van der Waals surface area contributed by atoms with Crippen molar-refractivity contribution in [2.75, 3.05) is 26.3 Å². The number of hydrogen-bond acceptors (Lipinski definition) is 3. The third kappa shape index (κ3) is 3.83. The molecule has 26 heavy (non-hydrogen) atoms. The summed E-state index contributed by atoms with van der Waals surface area (Å²) >= 11 is 0. The fourth-order valence-corrected chi connectivity index (χ4v) is 3.87. The molecular weight excluding hydrogens is 328 g/mol. The van der Waals surface area contributed by atoms with Crippen molar-refractivity contribution in [3.63, 3.8) is 0 Å². The summed E-state index contributed by atoms with van der Waals surface area (Å²) < 4.78 is 11.3. The summed E-state index contributed by atoms with van der Waals surface area (Å²) in [5, 5.41) is 3.04. The number of likely N-dealkylation sites (tertiary alicyclic amines) is 1. The first-order valence-corrected chi connectivity index (χ1v) is 9.34. The average Bonchev–Trinajstić information content (AvgIpc) is 3.15. The van der Waals surface area contributed by atoms with Gasteiger partial charge in [0.15, 0.2) is 18.0 Å². The van der Waals surface area contributed by atoms with Gasteiger partial charge in [-0.1, -0.05) is 30.3 Å². The van der Waals surface area contributed by atoms with E-state index in [4.69, 9.17) is 9.47 Å². The van der Waals surface area contributed by atoms with Crippen molar-refractivity contribution < 1.29 is 19.2 Å². The lowest BCUT2D eigenvalue weighted by molar-refractivity contribution is -0.910. The number of carbonyl (C=O) groups is 1. The van der Waals surface area contributed by atoms with E-state index in [0.717, 1.165) is 36.4 Å². The SMILES string of the molecule is O=C(C[NH+]1CCC[C@H]1c1ccc2c(c1)OCCO2)NCc1ccccc1.